The molecule has 1 aromatic carbocycles. The van der Waals surface area contributed by atoms with E-state index in [-0.39, 0.29) is 11.5 Å². The van der Waals surface area contributed by atoms with Crippen LogP contribution in [0.25, 0.3) is 5.82 Å². The maximum Gasteiger partial charge on any atom is 0.492 e. The summed E-state index contributed by atoms with van der Waals surface area (Å²) in [5.41, 5.74) is -1.24. The first-order valence-corrected chi connectivity index (χ1v) is 8.94. The number of alkyl halides is 3. The average Bonchev–Trinajstić information content (AvgIpc) is 3.27. The summed E-state index contributed by atoms with van der Waals surface area (Å²) in [6.45, 7) is 3.56. The van der Waals surface area contributed by atoms with Crippen molar-refractivity contribution < 1.29 is 27.6 Å². The summed E-state index contributed by atoms with van der Waals surface area (Å²) in [6, 6.07) is 7.05. The molecule has 1 amide bonds. The van der Waals surface area contributed by atoms with Gasteiger partial charge in [-0.3, -0.25) is 9.36 Å². The second-order valence-electron chi connectivity index (χ2n) is 7.27. The first kappa shape index (κ1) is 20.1. The van der Waals surface area contributed by atoms with Crippen molar-refractivity contribution in [3.63, 3.8) is 0 Å². The van der Waals surface area contributed by atoms with Crippen molar-refractivity contribution in [2.75, 3.05) is 5.32 Å². The van der Waals surface area contributed by atoms with Crippen molar-refractivity contribution in [1.29, 1.82) is 0 Å². The molecule has 11 heteroatoms. The minimum Gasteiger partial charge on any atom is -0.423 e. The maximum atomic E-state index is 13.6. The molecule has 0 saturated carbocycles. The van der Waals surface area contributed by atoms with Crippen LogP contribution in [0, 0.1) is 0 Å². The Morgan fingerprint density at radius 3 is 2.70 bits per heavy atom. The smallest absolute Gasteiger partial charge is 0.423 e. The molecule has 0 atom stereocenters. The van der Waals surface area contributed by atoms with Gasteiger partial charge in [0.05, 0.1) is 11.2 Å². The number of nitrogens with zero attached hydrogens (tertiary/aromatic N) is 3. The molecule has 0 unspecified atom stereocenters. The fourth-order valence-corrected chi connectivity index (χ4v) is 3.38. The van der Waals surface area contributed by atoms with Gasteiger partial charge >= 0.3 is 13.3 Å². The van der Waals surface area contributed by atoms with Gasteiger partial charge in [-0.1, -0.05) is 6.07 Å². The third kappa shape index (κ3) is 3.57. The first-order chi connectivity index (χ1) is 14.1. The number of benzene rings is 1. The van der Waals surface area contributed by atoms with Crippen LogP contribution in [-0.2, 0) is 16.4 Å². The lowest BCUT2D eigenvalue weighted by atomic mass is 9.78. The Morgan fingerprint density at radius 2 is 2.03 bits per heavy atom. The fourth-order valence-electron chi connectivity index (χ4n) is 3.38. The summed E-state index contributed by atoms with van der Waals surface area (Å²) in [4.78, 5) is 20.0. The molecule has 0 bridgehead atoms. The van der Waals surface area contributed by atoms with Gasteiger partial charge in [-0.05, 0) is 49.1 Å². The molecule has 0 radical (unpaired) electrons. The summed E-state index contributed by atoms with van der Waals surface area (Å²) in [7, 11) is -1.19. The number of hydrogen-bond donors (Lipinski definition) is 2. The molecule has 2 N–H and O–H groups in total. The number of hydrogen-bond acceptors (Lipinski definition) is 5. The van der Waals surface area contributed by atoms with E-state index in [1.165, 1.54) is 35.4 Å². The van der Waals surface area contributed by atoms with Gasteiger partial charge in [0.25, 0.3) is 5.91 Å². The molecule has 2 aromatic heterocycles. The topological polar surface area (TPSA) is 89.3 Å². The quantitative estimate of drug-likeness (QED) is 0.641. The molecular formula is C19H16BF3N4O3. The number of pyridine rings is 1. The van der Waals surface area contributed by atoms with Crippen molar-refractivity contribution in [2.24, 2.45) is 0 Å². The van der Waals surface area contributed by atoms with Crippen molar-refractivity contribution in [3.05, 3.63) is 65.9 Å². The molecular weight excluding hydrogens is 400 g/mol. The molecule has 7 nitrogen and oxygen atoms in total. The predicted octanol–water partition coefficient (Wildman–Crippen LogP) is 2.49. The van der Waals surface area contributed by atoms with E-state index in [1.807, 2.05) is 0 Å². The van der Waals surface area contributed by atoms with Crippen LogP contribution in [0.15, 0.2) is 49.1 Å². The van der Waals surface area contributed by atoms with Crippen LogP contribution >= 0.6 is 0 Å². The van der Waals surface area contributed by atoms with Crippen LogP contribution in [-0.4, -0.2) is 32.6 Å². The van der Waals surface area contributed by atoms with Gasteiger partial charge in [0.2, 0.25) is 0 Å². The molecule has 3 heterocycles. The Morgan fingerprint density at radius 1 is 1.27 bits per heavy atom. The van der Waals surface area contributed by atoms with E-state index in [4.69, 9.17) is 4.65 Å². The molecule has 0 fully saturated rings. The predicted molar refractivity (Wildman–Crippen MR) is 102 cm³/mol. The summed E-state index contributed by atoms with van der Waals surface area (Å²) < 4.78 is 47.5. The summed E-state index contributed by atoms with van der Waals surface area (Å²) in [5, 5.41) is 12.5. The summed E-state index contributed by atoms with van der Waals surface area (Å²) in [5.74, 6) is -0.990. The zero-order valence-corrected chi connectivity index (χ0v) is 15.9. The van der Waals surface area contributed by atoms with Crippen LogP contribution < -0.4 is 10.8 Å². The highest BCUT2D eigenvalue weighted by Crippen LogP contribution is 2.33. The Kier molecular flexibility index (Phi) is 4.66. The van der Waals surface area contributed by atoms with Crippen LogP contribution in [0.4, 0.5) is 18.9 Å². The van der Waals surface area contributed by atoms with Gasteiger partial charge in [0, 0.05) is 18.1 Å². The highest BCUT2D eigenvalue weighted by atomic mass is 19.4. The number of amides is 1. The summed E-state index contributed by atoms with van der Waals surface area (Å²) >= 11 is 0. The zero-order chi connectivity index (χ0) is 21.7. The van der Waals surface area contributed by atoms with E-state index >= 15 is 0 Å². The highest BCUT2D eigenvalue weighted by molar-refractivity contribution is 6.62. The third-order valence-corrected chi connectivity index (χ3v) is 4.79. The first-order valence-electron chi connectivity index (χ1n) is 8.94. The van der Waals surface area contributed by atoms with E-state index in [1.54, 1.807) is 26.0 Å². The largest absolute Gasteiger partial charge is 0.492 e. The highest BCUT2D eigenvalue weighted by Gasteiger charge is 2.41. The standard InChI is InChI=1S/C19H16BF3N4O3/c1-18(2)13-5-3-11(9-14(13)20(29)30-18)25-17(28)12-4-6-15(27-8-7-24-10-27)26-16(12)19(21,22)23/h3-10,29H,1-2H3,(H,25,28). The minimum atomic E-state index is -4.84. The average molecular weight is 416 g/mol. The molecule has 3 aromatic rings. The lowest BCUT2D eigenvalue weighted by Gasteiger charge is -2.19. The lowest BCUT2D eigenvalue weighted by Crippen LogP contribution is -2.29. The molecule has 4 rings (SSSR count). The number of nitrogens with one attached hydrogen (secondary N) is 1. The number of fused-ring (bicyclic) bond motifs is 1. The normalized spacial score (nSPS) is 15.2. The molecule has 1 aliphatic heterocycles. The number of aromatic nitrogens is 3. The molecule has 0 spiro atoms. The number of carbonyl (C=O) groups is 1. The van der Waals surface area contributed by atoms with E-state index in [2.05, 4.69) is 15.3 Å². The Balaban J connectivity index is 1.66. The lowest BCUT2D eigenvalue weighted by molar-refractivity contribution is -0.141. The van der Waals surface area contributed by atoms with Crippen molar-refractivity contribution in [1.82, 2.24) is 14.5 Å². The number of carbonyl (C=O) groups excluding carboxylic acids is 1. The van der Waals surface area contributed by atoms with E-state index in [9.17, 15) is 23.0 Å². The Labute approximate surface area is 169 Å². The van der Waals surface area contributed by atoms with Gasteiger partial charge in [-0.15, -0.1) is 0 Å². The van der Waals surface area contributed by atoms with E-state index in [0.29, 0.717) is 5.46 Å². The van der Waals surface area contributed by atoms with Gasteiger partial charge < -0.3 is 15.0 Å². The fraction of sp³-hybridized carbons (Fsp3) is 0.211. The Bertz CT molecular complexity index is 1120. The molecule has 154 valence electrons. The van der Waals surface area contributed by atoms with Crippen molar-refractivity contribution in [3.8, 4) is 5.82 Å². The van der Waals surface area contributed by atoms with E-state index < -0.39 is 36.1 Å². The number of anilines is 1. The van der Waals surface area contributed by atoms with Gasteiger partial charge in [-0.2, -0.15) is 13.2 Å². The SMILES string of the molecule is CC1(C)OB(O)c2cc(NC(=O)c3ccc(-n4ccnc4)nc3C(F)(F)F)ccc21. The van der Waals surface area contributed by atoms with Crippen LogP contribution in [0.5, 0.6) is 0 Å². The van der Waals surface area contributed by atoms with E-state index in [0.717, 1.165) is 11.6 Å². The van der Waals surface area contributed by atoms with Gasteiger partial charge in [0.1, 0.15) is 12.1 Å². The zero-order valence-electron chi connectivity index (χ0n) is 15.9. The molecule has 1 aliphatic rings. The molecule has 0 saturated heterocycles. The second kappa shape index (κ2) is 6.96. The molecule has 0 aliphatic carbocycles. The maximum absolute atomic E-state index is 13.6. The number of halogens is 3. The minimum absolute atomic E-state index is 0.0172. The number of imidazole rings is 1. The van der Waals surface area contributed by atoms with Crippen LogP contribution in [0.1, 0.15) is 35.5 Å². The third-order valence-electron chi connectivity index (χ3n) is 4.79. The van der Waals surface area contributed by atoms with Crippen molar-refractivity contribution in [2.45, 2.75) is 25.6 Å². The van der Waals surface area contributed by atoms with Gasteiger partial charge in [0.15, 0.2) is 5.69 Å². The summed E-state index contributed by atoms with van der Waals surface area (Å²) in [6.07, 6.45) is -0.679. The van der Waals surface area contributed by atoms with Crippen LogP contribution in [0.2, 0.25) is 0 Å². The van der Waals surface area contributed by atoms with Crippen LogP contribution in [0.3, 0.4) is 0 Å². The Hall–Kier alpha value is -3.18. The van der Waals surface area contributed by atoms with Gasteiger partial charge in [-0.25, -0.2) is 9.97 Å². The number of rotatable bonds is 3. The van der Waals surface area contributed by atoms with Crippen molar-refractivity contribution >= 4 is 24.2 Å². The second-order valence-corrected chi connectivity index (χ2v) is 7.27. The monoisotopic (exact) mass is 416 g/mol. The molecule has 30 heavy (non-hydrogen) atoms.